The number of benzene rings is 1. The van der Waals surface area contributed by atoms with Crippen molar-refractivity contribution in [3.63, 3.8) is 0 Å². The minimum absolute atomic E-state index is 0.0196. The van der Waals surface area contributed by atoms with E-state index in [9.17, 15) is 26.8 Å². The van der Waals surface area contributed by atoms with Crippen molar-refractivity contribution in [2.45, 2.75) is 40.5 Å². The highest BCUT2D eigenvalue weighted by atomic mass is 127. The molecule has 0 saturated carbocycles. The van der Waals surface area contributed by atoms with Crippen molar-refractivity contribution in [1.82, 2.24) is 0 Å². The zero-order valence-electron chi connectivity index (χ0n) is 13.9. The predicted molar refractivity (Wildman–Crippen MR) is 111 cm³/mol. The summed E-state index contributed by atoms with van der Waals surface area (Å²) in [7, 11) is -5.94. The molecule has 4 unspecified atom stereocenters. The average Bonchev–Trinajstić information content (AvgIpc) is 3.14. The van der Waals surface area contributed by atoms with E-state index in [4.69, 9.17) is 14.0 Å². The van der Waals surface area contributed by atoms with Gasteiger partial charge in [-0.25, -0.2) is 9.59 Å². The molecule has 3 aliphatic heterocycles. The van der Waals surface area contributed by atoms with Crippen LogP contribution in [0.15, 0.2) is 12.1 Å². The van der Waals surface area contributed by atoms with Crippen LogP contribution in [0.3, 0.4) is 0 Å². The molecular formula is C15H10F2I2O8S2. The fourth-order valence-corrected chi connectivity index (χ4v) is 6.72. The standard InChI is InChI=1S/C15H10F2I2O8S2/c16-15(17,29(22,23)24)13(21)25-7-3-9-14(4-8(7)28-9)26-11-6(19)2-1-5(18)10(11)12(20)27-14/h1-2,7-9H,3-4H2,(H,22,23,24). The Kier molecular flexibility index (Phi) is 5.27. The van der Waals surface area contributed by atoms with Gasteiger partial charge < -0.3 is 14.2 Å². The average molecular weight is 674 g/mol. The molecule has 2 fully saturated rings. The SMILES string of the molecule is O=C1OC2(CC3SC2CC3OC(=O)C(F)(F)S(=O)(=O)O)Oc2c(I)ccc(I)c21. The second-order valence-electron chi connectivity index (χ2n) is 6.58. The quantitative estimate of drug-likeness (QED) is 0.294. The Morgan fingerprint density at radius 2 is 1.97 bits per heavy atom. The summed E-state index contributed by atoms with van der Waals surface area (Å²) in [5.74, 6) is -3.84. The lowest BCUT2D eigenvalue weighted by atomic mass is 9.90. The van der Waals surface area contributed by atoms with Gasteiger partial charge in [0.15, 0.2) is 5.75 Å². The van der Waals surface area contributed by atoms with E-state index >= 15 is 0 Å². The number of alkyl halides is 2. The van der Waals surface area contributed by atoms with Gasteiger partial charge in [-0.15, -0.1) is 11.8 Å². The van der Waals surface area contributed by atoms with Crippen LogP contribution in [0.4, 0.5) is 8.78 Å². The Balaban J connectivity index is 1.53. The zero-order valence-corrected chi connectivity index (χ0v) is 19.9. The van der Waals surface area contributed by atoms with E-state index in [1.807, 2.05) is 45.2 Å². The number of rotatable bonds is 3. The van der Waals surface area contributed by atoms with Crippen LogP contribution < -0.4 is 4.74 Å². The Hall–Kier alpha value is -0.460. The second-order valence-corrected chi connectivity index (χ2v) is 11.8. The molecule has 1 aromatic rings. The van der Waals surface area contributed by atoms with Crippen molar-refractivity contribution in [1.29, 1.82) is 0 Å². The number of carbonyl (C=O) groups is 2. The number of carbonyl (C=O) groups excluding carboxylic acids is 2. The molecular weight excluding hydrogens is 664 g/mol. The van der Waals surface area contributed by atoms with E-state index in [2.05, 4.69) is 4.74 Å². The predicted octanol–water partition coefficient (Wildman–Crippen LogP) is 2.81. The number of thioether (sulfide) groups is 1. The van der Waals surface area contributed by atoms with Crippen LogP contribution >= 0.6 is 56.9 Å². The number of hydrogen-bond acceptors (Lipinski definition) is 8. The largest absolute Gasteiger partial charge is 0.465 e. The van der Waals surface area contributed by atoms with Gasteiger partial charge in [-0.3, -0.25) is 4.55 Å². The monoisotopic (exact) mass is 674 g/mol. The number of ether oxygens (including phenoxy) is 3. The van der Waals surface area contributed by atoms with Crippen molar-refractivity contribution < 1.29 is 45.6 Å². The summed E-state index contributed by atoms with van der Waals surface area (Å²) >= 11 is 5.27. The van der Waals surface area contributed by atoms with Crippen molar-refractivity contribution in [2.24, 2.45) is 0 Å². The van der Waals surface area contributed by atoms with Crippen LogP contribution in [0.5, 0.6) is 5.75 Å². The van der Waals surface area contributed by atoms with Crippen LogP contribution in [0.25, 0.3) is 0 Å². The lowest BCUT2D eigenvalue weighted by Gasteiger charge is -2.41. The van der Waals surface area contributed by atoms with Gasteiger partial charge in [0, 0.05) is 21.7 Å². The summed E-state index contributed by atoms with van der Waals surface area (Å²) in [6, 6.07) is 3.54. The van der Waals surface area contributed by atoms with Crippen LogP contribution in [0, 0.1) is 7.14 Å². The molecule has 1 aromatic carbocycles. The van der Waals surface area contributed by atoms with E-state index in [1.165, 1.54) is 11.8 Å². The third-order valence-electron chi connectivity index (χ3n) is 4.80. The maximum Gasteiger partial charge on any atom is 0.465 e. The van der Waals surface area contributed by atoms with Crippen LogP contribution in [0.1, 0.15) is 23.2 Å². The second kappa shape index (κ2) is 7.03. The Morgan fingerprint density at radius 1 is 1.31 bits per heavy atom. The maximum atomic E-state index is 13.5. The summed E-state index contributed by atoms with van der Waals surface area (Å²) in [5, 5.41) is -6.11. The van der Waals surface area contributed by atoms with Crippen LogP contribution in [0.2, 0.25) is 0 Å². The van der Waals surface area contributed by atoms with Crippen LogP contribution in [-0.4, -0.2) is 52.6 Å². The van der Waals surface area contributed by atoms with Crippen molar-refractivity contribution in [2.75, 3.05) is 0 Å². The Morgan fingerprint density at radius 3 is 2.55 bits per heavy atom. The first-order valence-electron chi connectivity index (χ1n) is 7.97. The summed E-state index contributed by atoms with van der Waals surface area (Å²) in [5.41, 5.74) is 0.312. The molecule has 158 valence electrons. The maximum absolute atomic E-state index is 13.5. The minimum atomic E-state index is -5.94. The number of halogens is 4. The van der Waals surface area contributed by atoms with Crippen molar-refractivity contribution in [3.05, 3.63) is 24.8 Å². The number of esters is 2. The molecule has 3 heterocycles. The van der Waals surface area contributed by atoms with Gasteiger partial charge in [-0.1, -0.05) is 0 Å². The zero-order chi connectivity index (χ0) is 21.4. The molecule has 0 aliphatic carbocycles. The lowest BCUT2D eigenvalue weighted by Crippen LogP contribution is -2.54. The van der Waals surface area contributed by atoms with Gasteiger partial charge in [0.05, 0.1) is 8.82 Å². The van der Waals surface area contributed by atoms with E-state index in [0.717, 1.165) is 0 Å². The Labute approximate surface area is 194 Å². The third kappa shape index (κ3) is 3.41. The highest BCUT2D eigenvalue weighted by molar-refractivity contribution is 14.1. The smallest absolute Gasteiger partial charge is 0.456 e. The fourth-order valence-electron chi connectivity index (χ4n) is 3.47. The van der Waals surface area contributed by atoms with E-state index in [-0.39, 0.29) is 12.8 Å². The molecule has 4 rings (SSSR count). The van der Waals surface area contributed by atoms with Gasteiger partial charge in [0.1, 0.15) is 11.7 Å². The van der Waals surface area contributed by atoms with E-state index < -0.39 is 49.7 Å². The van der Waals surface area contributed by atoms with Crippen molar-refractivity contribution in [3.8, 4) is 5.75 Å². The molecule has 4 atom stereocenters. The molecule has 0 amide bonds. The van der Waals surface area contributed by atoms with Gasteiger partial charge >= 0.3 is 27.3 Å². The number of fused-ring (bicyclic) bond motifs is 4. The van der Waals surface area contributed by atoms with Crippen LogP contribution in [-0.2, 0) is 24.4 Å². The first-order chi connectivity index (χ1) is 13.4. The van der Waals surface area contributed by atoms with Gasteiger partial charge in [0.25, 0.3) is 5.79 Å². The first-order valence-corrected chi connectivity index (χ1v) is 12.5. The van der Waals surface area contributed by atoms with Gasteiger partial charge in [0.2, 0.25) is 0 Å². The fraction of sp³-hybridized carbons (Fsp3) is 0.467. The molecule has 8 nitrogen and oxygen atoms in total. The van der Waals surface area contributed by atoms with Crippen molar-refractivity contribution >= 4 is 79.0 Å². The molecule has 2 saturated heterocycles. The first kappa shape index (κ1) is 21.8. The molecule has 0 radical (unpaired) electrons. The molecule has 3 aliphatic rings. The molecule has 29 heavy (non-hydrogen) atoms. The minimum Gasteiger partial charge on any atom is -0.456 e. The van der Waals surface area contributed by atoms with Gasteiger partial charge in [-0.05, 0) is 57.3 Å². The van der Waals surface area contributed by atoms with E-state index in [1.54, 1.807) is 12.1 Å². The topological polar surface area (TPSA) is 116 Å². The summed E-state index contributed by atoms with van der Waals surface area (Å²) in [4.78, 5) is 24.2. The number of hydrogen-bond donors (Lipinski definition) is 1. The van der Waals surface area contributed by atoms with E-state index in [0.29, 0.717) is 18.5 Å². The lowest BCUT2D eigenvalue weighted by molar-refractivity contribution is -0.185. The normalized spacial score (nSPS) is 30.7. The summed E-state index contributed by atoms with van der Waals surface area (Å²) < 4.78 is 74.5. The molecule has 14 heteroatoms. The third-order valence-corrected chi connectivity index (χ3v) is 9.06. The molecule has 1 N–H and O–H groups in total. The highest BCUT2D eigenvalue weighted by Crippen LogP contribution is 2.57. The molecule has 0 aromatic heterocycles. The highest BCUT2D eigenvalue weighted by Gasteiger charge is 2.65. The molecule has 2 bridgehead atoms. The summed E-state index contributed by atoms with van der Waals surface area (Å²) in [6.45, 7) is 0. The molecule has 1 spiro atoms. The Bertz CT molecular complexity index is 1030. The summed E-state index contributed by atoms with van der Waals surface area (Å²) in [6.07, 6.45) is -0.939. The van der Waals surface area contributed by atoms with Gasteiger partial charge in [-0.2, -0.15) is 17.2 Å².